The summed E-state index contributed by atoms with van der Waals surface area (Å²) >= 11 is 0. The molecule has 2 rings (SSSR count). The zero-order chi connectivity index (χ0) is 13.8. The van der Waals surface area contributed by atoms with Gasteiger partial charge in [0.2, 0.25) is 0 Å². The van der Waals surface area contributed by atoms with Crippen molar-refractivity contribution < 1.29 is 14.6 Å². The lowest BCUT2D eigenvalue weighted by atomic mass is 10.1. The van der Waals surface area contributed by atoms with Gasteiger partial charge in [-0.1, -0.05) is 0 Å². The molecule has 0 saturated carbocycles. The van der Waals surface area contributed by atoms with Crippen molar-refractivity contribution in [1.82, 2.24) is 9.80 Å². The lowest BCUT2D eigenvalue weighted by Crippen LogP contribution is -2.54. The molecule has 1 N–H and O–H groups in total. The average Bonchev–Trinajstić information content (AvgIpc) is 2.38. The van der Waals surface area contributed by atoms with Crippen LogP contribution in [0.3, 0.4) is 0 Å². The Hall–Kier alpha value is -0.200. The summed E-state index contributed by atoms with van der Waals surface area (Å²) < 4.78 is 11.5. The predicted molar refractivity (Wildman–Crippen MR) is 74.3 cm³/mol. The molecule has 112 valence electrons. The minimum atomic E-state index is -0.0476. The second kappa shape index (κ2) is 6.99. The molecule has 0 radical (unpaired) electrons. The minimum Gasteiger partial charge on any atom is -0.394 e. The van der Waals surface area contributed by atoms with E-state index in [2.05, 4.69) is 30.6 Å². The molecule has 0 aromatic heterocycles. The van der Waals surface area contributed by atoms with Crippen LogP contribution in [0.15, 0.2) is 0 Å². The van der Waals surface area contributed by atoms with Gasteiger partial charge in [0.05, 0.1) is 31.5 Å². The maximum atomic E-state index is 9.26. The summed E-state index contributed by atoms with van der Waals surface area (Å²) in [4.78, 5) is 4.84. The first-order valence-corrected chi connectivity index (χ1v) is 7.42. The number of aliphatic hydroxyl groups excluding tert-OH is 1. The maximum absolute atomic E-state index is 9.26. The summed E-state index contributed by atoms with van der Waals surface area (Å²) in [5, 5.41) is 9.26. The molecule has 0 aromatic carbocycles. The van der Waals surface area contributed by atoms with Crippen LogP contribution in [0.1, 0.15) is 20.8 Å². The summed E-state index contributed by atoms with van der Waals surface area (Å²) in [6, 6.07) is 0.584. The van der Waals surface area contributed by atoms with Crippen LogP contribution in [0.25, 0.3) is 0 Å². The molecule has 0 spiro atoms. The fraction of sp³-hybridized carbons (Fsp3) is 1.00. The number of nitrogens with zero attached hydrogens (tertiary/aromatic N) is 2. The van der Waals surface area contributed by atoms with Gasteiger partial charge in [-0.3, -0.25) is 9.80 Å². The smallest absolute Gasteiger partial charge is 0.0936 e. The number of hydrogen-bond acceptors (Lipinski definition) is 5. The lowest BCUT2D eigenvalue weighted by Gasteiger charge is -2.41. The standard InChI is InChI=1S/C14H28N2O3/c1-11(2)16-4-5-18-13(9-16)7-15-6-12(3)19-14(8-15)10-17/h11-14,17H,4-10H2,1-3H3. The first-order valence-electron chi connectivity index (χ1n) is 7.42. The van der Waals surface area contributed by atoms with Gasteiger partial charge < -0.3 is 14.6 Å². The fourth-order valence-electron chi connectivity index (χ4n) is 3.00. The number of rotatable bonds is 4. The van der Waals surface area contributed by atoms with Gasteiger partial charge in [-0.2, -0.15) is 0 Å². The van der Waals surface area contributed by atoms with E-state index in [-0.39, 0.29) is 24.9 Å². The van der Waals surface area contributed by atoms with Gasteiger partial charge in [0.25, 0.3) is 0 Å². The molecular weight excluding hydrogens is 244 g/mol. The lowest BCUT2D eigenvalue weighted by molar-refractivity contribution is -0.114. The molecule has 19 heavy (non-hydrogen) atoms. The quantitative estimate of drug-likeness (QED) is 0.791. The molecule has 2 saturated heterocycles. The van der Waals surface area contributed by atoms with E-state index in [9.17, 15) is 5.11 Å². The van der Waals surface area contributed by atoms with E-state index >= 15 is 0 Å². The SMILES string of the molecule is CC1CN(CC2CN(C(C)C)CCO2)CC(CO)O1. The summed E-state index contributed by atoms with van der Waals surface area (Å²) in [6.45, 7) is 12.2. The summed E-state index contributed by atoms with van der Waals surface area (Å²) in [5.74, 6) is 0. The number of hydrogen-bond donors (Lipinski definition) is 1. The highest BCUT2D eigenvalue weighted by Gasteiger charge is 2.29. The van der Waals surface area contributed by atoms with E-state index in [1.54, 1.807) is 0 Å². The Morgan fingerprint density at radius 2 is 2.00 bits per heavy atom. The number of aliphatic hydroxyl groups is 1. The van der Waals surface area contributed by atoms with Gasteiger partial charge in [0.1, 0.15) is 0 Å². The van der Waals surface area contributed by atoms with Gasteiger partial charge in [0.15, 0.2) is 0 Å². The van der Waals surface area contributed by atoms with E-state index in [1.165, 1.54) is 0 Å². The molecular formula is C14H28N2O3. The Labute approximate surface area is 116 Å². The third-order valence-electron chi connectivity index (χ3n) is 3.97. The Balaban J connectivity index is 1.82. The van der Waals surface area contributed by atoms with E-state index < -0.39 is 0 Å². The van der Waals surface area contributed by atoms with Gasteiger partial charge in [0, 0.05) is 38.8 Å². The Kier molecular flexibility index (Phi) is 5.59. The molecule has 2 aliphatic heterocycles. The van der Waals surface area contributed by atoms with Crippen molar-refractivity contribution in [3.05, 3.63) is 0 Å². The summed E-state index contributed by atoms with van der Waals surface area (Å²) in [7, 11) is 0. The molecule has 0 aromatic rings. The highest BCUT2D eigenvalue weighted by atomic mass is 16.5. The number of ether oxygens (including phenoxy) is 2. The van der Waals surface area contributed by atoms with Crippen molar-refractivity contribution in [2.75, 3.05) is 45.9 Å². The minimum absolute atomic E-state index is 0.0476. The van der Waals surface area contributed by atoms with Crippen molar-refractivity contribution in [2.45, 2.75) is 45.1 Å². The first kappa shape index (κ1) is 15.2. The van der Waals surface area contributed by atoms with Crippen LogP contribution in [-0.4, -0.2) is 85.2 Å². The van der Waals surface area contributed by atoms with Gasteiger partial charge in [-0.05, 0) is 20.8 Å². The molecule has 2 fully saturated rings. The Morgan fingerprint density at radius 3 is 2.68 bits per heavy atom. The van der Waals surface area contributed by atoms with Crippen molar-refractivity contribution in [2.24, 2.45) is 0 Å². The molecule has 2 heterocycles. The van der Waals surface area contributed by atoms with Gasteiger partial charge in [-0.25, -0.2) is 0 Å². The Morgan fingerprint density at radius 1 is 1.21 bits per heavy atom. The van der Waals surface area contributed by atoms with E-state index in [1.807, 2.05) is 0 Å². The third-order valence-corrected chi connectivity index (χ3v) is 3.97. The van der Waals surface area contributed by atoms with Crippen molar-refractivity contribution in [3.63, 3.8) is 0 Å². The average molecular weight is 272 g/mol. The van der Waals surface area contributed by atoms with Crippen LogP contribution in [0.5, 0.6) is 0 Å². The second-order valence-electron chi connectivity index (χ2n) is 6.05. The van der Waals surface area contributed by atoms with Crippen molar-refractivity contribution in [1.29, 1.82) is 0 Å². The Bertz CT molecular complexity index is 275. The van der Waals surface area contributed by atoms with Crippen LogP contribution in [-0.2, 0) is 9.47 Å². The molecule has 5 nitrogen and oxygen atoms in total. The van der Waals surface area contributed by atoms with E-state index in [4.69, 9.17) is 9.47 Å². The van der Waals surface area contributed by atoms with E-state index in [0.717, 1.165) is 39.3 Å². The zero-order valence-electron chi connectivity index (χ0n) is 12.4. The van der Waals surface area contributed by atoms with Crippen LogP contribution in [0.4, 0.5) is 0 Å². The van der Waals surface area contributed by atoms with Crippen molar-refractivity contribution >= 4 is 0 Å². The summed E-state index contributed by atoms with van der Waals surface area (Å²) in [5.41, 5.74) is 0. The maximum Gasteiger partial charge on any atom is 0.0936 e. The van der Waals surface area contributed by atoms with Crippen LogP contribution in [0, 0.1) is 0 Å². The largest absolute Gasteiger partial charge is 0.394 e. The van der Waals surface area contributed by atoms with Gasteiger partial charge >= 0.3 is 0 Å². The first-order chi connectivity index (χ1) is 9.08. The highest BCUT2D eigenvalue weighted by molar-refractivity contribution is 4.81. The van der Waals surface area contributed by atoms with Crippen LogP contribution in [0.2, 0.25) is 0 Å². The molecule has 3 atom stereocenters. The van der Waals surface area contributed by atoms with Crippen LogP contribution < -0.4 is 0 Å². The second-order valence-corrected chi connectivity index (χ2v) is 6.05. The molecule has 0 aliphatic carbocycles. The third kappa shape index (κ3) is 4.39. The monoisotopic (exact) mass is 272 g/mol. The predicted octanol–water partition coefficient (Wildman–Crippen LogP) is 0.177. The zero-order valence-corrected chi connectivity index (χ0v) is 12.4. The molecule has 0 amide bonds. The van der Waals surface area contributed by atoms with Gasteiger partial charge in [-0.15, -0.1) is 0 Å². The van der Waals surface area contributed by atoms with Crippen LogP contribution >= 0.6 is 0 Å². The molecule has 5 heteroatoms. The molecule has 0 bridgehead atoms. The number of morpholine rings is 2. The van der Waals surface area contributed by atoms with Crippen molar-refractivity contribution in [3.8, 4) is 0 Å². The highest BCUT2D eigenvalue weighted by Crippen LogP contribution is 2.15. The fourth-order valence-corrected chi connectivity index (χ4v) is 3.00. The van der Waals surface area contributed by atoms with E-state index in [0.29, 0.717) is 6.04 Å². The topological polar surface area (TPSA) is 45.2 Å². The summed E-state index contributed by atoms with van der Waals surface area (Å²) in [6.07, 6.45) is 0.421. The normalized spacial score (nSPS) is 34.9. The molecule has 2 aliphatic rings. The molecule has 3 unspecified atom stereocenters.